The van der Waals surface area contributed by atoms with Gasteiger partial charge in [0.15, 0.2) is 5.78 Å². The maximum absolute atomic E-state index is 13.2. The molecule has 0 radical (unpaired) electrons. The van der Waals surface area contributed by atoms with Gasteiger partial charge in [0.25, 0.3) is 0 Å². The van der Waals surface area contributed by atoms with Crippen molar-refractivity contribution in [2.45, 2.75) is 32.1 Å². The van der Waals surface area contributed by atoms with E-state index in [9.17, 15) is 9.18 Å². The summed E-state index contributed by atoms with van der Waals surface area (Å²) >= 11 is 0. The van der Waals surface area contributed by atoms with Crippen molar-refractivity contribution in [2.75, 3.05) is 31.1 Å². The predicted octanol–water partition coefficient (Wildman–Crippen LogP) is 6.05. The number of piperidine rings is 1. The van der Waals surface area contributed by atoms with Crippen LogP contribution >= 0.6 is 0 Å². The van der Waals surface area contributed by atoms with Gasteiger partial charge in [-0.3, -0.25) is 4.79 Å². The quantitative estimate of drug-likeness (QED) is 0.434. The van der Waals surface area contributed by atoms with E-state index in [0.29, 0.717) is 5.56 Å². The maximum atomic E-state index is 13.2. The monoisotopic (exact) mass is 442 g/mol. The first-order valence-electron chi connectivity index (χ1n) is 12.1. The Morgan fingerprint density at radius 1 is 0.788 bits per heavy atom. The molecule has 1 fully saturated rings. The van der Waals surface area contributed by atoms with Crippen LogP contribution in [0.25, 0.3) is 0 Å². The Morgan fingerprint density at radius 3 is 1.97 bits per heavy atom. The summed E-state index contributed by atoms with van der Waals surface area (Å²) in [4.78, 5) is 17.7. The van der Waals surface area contributed by atoms with Gasteiger partial charge >= 0.3 is 0 Å². The number of ketones is 1. The number of hydrogen-bond acceptors (Lipinski definition) is 3. The summed E-state index contributed by atoms with van der Waals surface area (Å²) in [5.74, 6) is -0.0838. The molecule has 33 heavy (non-hydrogen) atoms. The van der Waals surface area contributed by atoms with Crippen molar-refractivity contribution in [3.8, 4) is 0 Å². The Kier molecular flexibility index (Phi) is 6.54. The minimum absolute atomic E-state index is 0.0519. The smallest absolute Gasteiger partial charge is 0.166 e. The first-order chi connectivity index (χ1) is 16.2. The third kappa shape index (κ3) is 4.86. The number of hydrogen-bond donors (Lipinski definition) is 0. The van der Waals surface area contributed by atoms with Crippen molar-refractivity contribution in [3.05, 3.63) is 95.3 Å². The molecule has 0 spiro atoms. The summed E-state index contributed by atoms with van der Waals surface area (Å²) in [7, 11) is 0. The fourth-order valence-corrected chi connectivity index (χ4v) is 5.33. The highest BCUT2D eigenvalue weighted by Gasteiger charge is 2.26. The molecule has 0 unspecified atom stereocenters. The summed E-state index contributed by atoms with van der Waals surface area (Å²) in [6.45, 7) is 3.93. The number of aryl methyl sites for hydroxylation is 2. The second-order valence-corrected chi connectivity index (χ2v) is 9.25. The lowest BCUT2D eigenvalue weighted by atomic mass is 9.89. The number of fused-ring (bicyclic) bond motifs is 2. The molecule has 0 aromatic heterocycles. The van der Waals surface area contributed by atoms with E-state index in [0.717, 1.165) is 58.3 Å². The van der Waals surface area contributed by atoms with Crippen molar-refractivity contribution in [1.82, 2.24) is 4.90 Å². The highest BCUT2D eigenvalue weighted by molar-refractivity contribution is 5.97. The van der Waals surface area contributed by atoms with Crippen molar-refractivity contribution >= 4 is 17.2 Å². The normalized spacial score (nSPS) is 16.7. The van der Waals surface area contributed by atoms with Gasteiger partial charge < -0.3 is 9.80 Å². The minimum Gasteiger partial charge on any atom is -0.341 e. The Hall–Kier alpha value is -2.98. The molecule has 0 bridgehead atoms. The zero-order valence-electron chi connectivity index (χ0n) is 19.1. The molecule has 0 saturated carbocycles. The molecule has 0 aliphatic carbocycles. The molecule has 0 atom stereocenters. The van der Waals surface area contributed by atoms with E-state index in [-0.39, 0.29) is 17.5 Å². The number of likely N-dealkylation sites (tertiary alicyclic amines) is 1. The molecule has 2 heterocycles. The van der Waals surface area contributed by atoms with Gasteiger partial charge in [0.2, 0.25) is 0 Å². The van der Waals surface area contributed by atoms with Crippen LogP contribution in [-0.2, 0) is 12.8 Å². The first-order valence-corrected chi connectivity index (χ1v) is 12.1. The molecule has 170 valence electrons. The van der Waals surface area contributed by atoms with Gasteiger partial charge in [-0.25, -0.2) is 4.39 Å². The number of Topliss-reactive ketones (excluding diaryl/α,β-unsaturated/α-hetero) is 1. The number of anilines is 2. The molecular weight excluding hydrogens is 411 g/mol. The molecule has 0 N–H and O–H groups in total. The number of halogens is 1. The van der Waals surface area contributed by atoms with Crippen LogP contribution in [0.15, 0.2) is 72.8 Å². The number of para-hydroxylation sites is 2. The van der Waals surface area contributed by atoms with E-state index < -0.39 is 0 Å². The summed E-state index contributed by atoms with van der Waals surface area (Å²) < 4.78 is 13.2. The number of nitrogens with zero attached hydrogens (tertiary/aromatic N) is 2. The molecule has 3 nitrogen and oxygen atoms in total. The molecule has 3 aromatic carbocycles. The fourth-order valence-electron chi connectivity index (χ4n) is 5.33. The lowest BCUT2D eigenvalue weighted by molar-refractivity contribution is 0.0840. The third-order valence-corrected chi connectivity index (χ3v) is 7.17. The SMILES string of the molecule is O=C(c1ccc(F)cc1)C1CCN(CCCN2c3ccccc3CCc3ccccc32)CC1. The highest BCUT2D eigenvalue weighted by atomic mass is 19.1. The van der Waals surface area contributed by atoms with Gasteiger partial charge in [-0.2, -0.15) is 0 Å². The van der Waals surface area contributed by atoms with Crippen molar-refractivity contribution in [1.29, 1.82) is 0 Å². The third-order valence-electron chi connectivity index (χ3n) is 7.17. The van der Waals surface area contributed by atoms with Crippen LogP contribution in [0.4, 0.5) is 15.8 Å². The molecule has 5 rings (SSSR count). The number of carbonyl (C=O) groups excluding carboxylic acids is 1. The maximum Gasteiger partial charge on any atom is 0.166 e. The van der Waals surface area contributed by atoms with Crippen molar-refractivity contribution in [3.63, 3.8) is 0 Å². The largest absolute Gasteiger partial charge is 0.341 e. The number of benzene rings is 3. The number of carbonyl (C=O) groups is 1. The molecular formula is C29H31FN2O. The molecule has 2 aliphatic rings. The predicted molar refractivity (Wildman–Crippen MR) is 132 cm³/mol. The van der Waals surface area contributed by atoms with Crippen LogP contribution in [0.1, 0.15) is 40.7 Å². The average molecular weight is 443 g/mol. The fraction of sp³-hybridized carbons (Fsp3) is 0.345. The number of rotatable bonds is 6. The zero-order chi connectivity index (χ0) is 22.6. The van der Waals surface area contributed by atoms with Gasteiger partial charge in [0, 0.05) is 29.4 Å². The molecule has 1 saturated heterocycles. The van der Waals surface area contributed by atoms with E-state index in [1.165, 1.54) is 34.6 Å². The summed E-state index contributed by atoms with van der Waals surface area (Å²) in [5.41, 5.74) is 6.16. The van der Waals surface area contributed by atoms with Crippen LogP contribution in [0, 0.1) is 11.7 Å². The molecule has 3 aromatic rings. The van der Waals surface area contributed by atoms with E-state index in [2.05, 4.69) is 58.3 Å². The Labute approximate surface area is 195 Å². The topological polar surface area (TPSA) is 23.6 Å². The lowest BCUT2D eigenvalue weighted by Gasteiger charge is -2.32. The second kappa shape index (κ2) is 9.88. The Balaban J connectivity index is 1.18. The van der Waals surface area contributed by atoms with Gasteiger partial charge in [-0.15, -0.1) is 0 Å². The molecule has 2 aliphatic heterocycles. The highest BCUT2D eigenvalue weighted by Crippen LogP contribution is 2.36. The molecule has 0 amide bonds. The van der Waals surface area contributed by atoms with Crippen LogP contribution < -0.4 is 4.90 Å². The summed E-state index contributed by atoms with van der Waals surface area (Å²) in [6.07, 6.45) is 5.01. The summed E-state index contributed by atoms with van der Waals surface area (Å²) in [5, 5.41) is 0. The average Bonchev–Trinajstić information content (AvgIpc) is 3.02. The van der Waals surface area contributed by atoms with Crippen LogP contribution in [0.5, 0.6) is 0 Å². The molecule has 4 heteroatoms. The van der Waals surface area contributed by atoms with E-state index in [1.54, 1.807) is 12.1 Å². The van der Waals surface area contributed by atoms with E-state index in [1.807, 2.05) is 0 Å². The van der Waals surface area contributed by atoms with Crippen LogP contribution in [0.3, 0.4) is 0 Å². The van der Waals surface area contributed by atoms with Crippen LogP contribution in [0.2, 0.25) is 0 Å². The van der Waals surface area contributed by atoms with Crippen molar-refractivity contribution < 1.29 is 9.18 Å². The van der Waals surface area contributed by atoms with Gasteiger partial charge in [0.1, 0.15) is 5.82 Å². The summed E-state index contributed by atoms with van der Waals surface area (Å²) in [6, 6.07) is 23.6. The zero-order valence-corrected chi connectivity index (χ0v) is 19.1. The Morgan fingerprint density at radius 2 is 1.36 bits per heavy atom. The van der Waals surface area contributed by atoms with Gasteiger partial charge in [-0.05, 0) is 99.3 Å². The van der Waals surface area contributed by atoms with Gasteiger partial charge in [0.05, 0.1) is 0 Å². The first kappa shape index (κ1) is 21.8. The van der Waals surface area contributed by atoms with Crippen LogP contribution in [-0.4, -0.2) is 36.9 Å². The van der Waals surface area contributed by atoms with Gasteiger partial charge in [-0.1, -0.05) is 36.4 Å². The van der Waals surface area contributed by atoms with E-state index >= 15 is 0 Å². The van der Waals surface area contributed by atoms with E-state index in [4.69, 9.17) is 0 Å². The minimum atomic E-state index is -0.295. The Bertz CT molecular complexity index is 1060. The van der Waals surface area contributed by atoms with Crippen molar-refractivity contribution in [2.24, 2.45) is 5.92 Å². The second-order valence-electron chi connectivity index (χ2n) is 9.25. The lowest BCUT2D eigenvalue weighted by Crippen LogP contribution is -2.37. The standard InChI is InChI=1S/C29H31FN2O/c30-26-14-12-24(13-15-26)29(33)25-16-20-31(21-17-25)18-5-19-32-27-8-3-1-6-22(27)10-11-23-7-2-4-9-28(23)32/h1-4,6-9,12-15,25H,5,10-11,16-21H2.